The van der Waals surface area contributed by atoms with E-state index < -0.39 is 0 Å². The van der Waals surface area contributed by atoms with Crippen LogP contribution in [0, 0.1) is 0 Å². The van der Waals surface area contributed by atoms with Gasteiger partial charge in [0.2, 0.25) is 0 Å². The average Bonchev–Trinajstić information content (AvgIpc) is 3.26. The van der Waals surface area contributed by atoms with Crippen LogP contribution >= 0.6 is 35.0 Å². The summed E-state index contributed by atoms with van der Waals surface area (Å²) in [5.41, 5.74) is 3.61. The molecule has 0 bridgehead atoms. The van der Waals surface area contributed by atoms with Crippen LogP contribution in [0.5, 0.6) is 0 Å². The maximum atomic E-state index is 6.06. The molecule has 0 saturated carbocycles. The predicted octanol–water partition coefficient (Wildman–Crippen LogP) is 5.01. The molecule has 2 aromatic heterocycles. The number of fused-ring (bicyclic) bond motifs is 2. The molecule has 0 radical (unpaired) electrons. The minimum atomic E-state index is 0.0446. The molecule has 5 rings (SSSR count). The zero-order chi connectivity index (χ0) is 18.4. The second-order valence-electron chi connectivity index (χ2n) is 5.94. The Bertz CT molecular complexity index is 1140. The van der Waals surface area contributed by atoms with Gasteiger partial charge >= 0.3 is 0 Å². The van der Waals surface area contributed by atoms with Gasteiger partial charge in [0, 0.05) is 33.6 Å². The second-order valence-corrected chi connectivity index (χ2v) is 7.88. The van der Waals surface area contributed by atoms with Crippen molar-refractivity contribution in [3.05, 3.63) is 65.0 Å². The SMILES string of the molecule is Clc1ccc2c(c1)SC(Nc1ccc(-c3nnc4c(Cl)nccn34)cc1)N2. The van der Waals surface area contributed by atoms with Crippen molar-refractivity contribution >= 4 is 52.0 Å². The molecule has 1 aliphatic heterocycles. The quantitative estimate of drug-likeness (QED) is 0.490. The Balaban J connectivity index is 1.36. The Hall–Kier alpha value is -2.48. The topological polar surface area (TPSA) is 67.1 Å². The number of benzene rings is 2. The summed E-state index contributed by atoms with van der Waals surface area (Å²) >= 11 is 13.8. The van der Waals surface area contributed by atoms with E-state index in [1.165, 1.54) is 0 Å². The summed E-state index contributed by atoms with van der Waals surface area (Å²) in [6, 6.07) is 13.9. The summed E-state index contributed by atoms with van der Waals surface area (Å²) in [6.07, 6.45) is 3.43. The molecule has 1 unspecified atom stereocenters. The minimum Gasteiger partial charge on any atom is -0.357 e. The smallest absolute Gasteiger partial charge is 0.198 e. The highest BCUT2D eigenvalue weighted by Gasteiger charge is 2.21. The van der Waals surface area contributed by atoms with Gasteiger partial charge in [-0.3, -0.25) is 4.40 Å². The number of hydrogen-bond acceptors (Lipinski definition) is 6. The molecule has 1 aliphatic rings. The summed E-state index contributed by atoms with van der Waals surface area (Å²) in [4.78, 5) is 5.16. The lowest BCUT2D eigenvalue weighted by atomic mass is 10.2. The Morgan fingerprint density at radius 2 is 1.93 bits per heavy atom. The van der Waals surface area contributed by atoms with Gasteiger partial charge in [-0.1, -0.05) is 35.0 Å². The van der Waals surface area contributed by atoms with E-state index in [-0.39, 0.29) is 5.50 Å². The van der Waals surface area contributed by atoms with Crippen molar-refractivity contribution in [3.63, 3.8) is 0 Å². The molecule has 2 aromatic carbocycles. The Morgan fingerprint density at radius 1 is 1.07 bits per heavy atom. The summed E-state index contributed by atoms with van der Waals surface area (Å²) in [5, 5.41) is 16.3. The van der Waals surface area contributed by atoms with Crippen molar-refractivity contribution in [2.24, 2.45) is 0 Å². The van der Waals surface area contributed by atoms with Crippen molar-refractivity contribution < 1.29 is 0 Å². The van der Waals surface area contributed by atoms with Gasteiger partial charge in [-0.2, -0.15) is 0 Å². The first-order valence-corrected chi connectivity index (χ1v) is 9.76. The highest BCUT2D eigenvalue weighted by Crippen LogP contribution is 2.40. The number of nitrogens with one attached hydrogen (secondary N) is 2. The largest absolute Gasteiger partial charge is 0.357 e. The fourth-order valence-electron chi connectivity index (χ4n) is 2.94. The Kier molecular flexibility index (Phi) is 4.07. The van der Waals surface area contributed by atoms with Gasteiger partial charge in [0.15, 0.2) is 16.6 Å². The minimum absolute atomic E-state index is 0.0446. The van der Waals surface area contributed by atoms with Gasteiger partial charge in [-0.25, -0.2) is 4.98 Å². The normalized spacial score (nSPS) is 15.6. The lowest BCUT2D eigenvalue weighted by Gasteiger charge is -2.14. The maximum absolute atomic E-state index is 6.06. The average molecular weight is 415 g/mol. The molecule has 0 saturated heterocycles. The van der Waals surface area contributed by atoms with E-state index in [0.717, 1.165) is 32.7 Å². The number of thioether (sulfide) groups is 1. The van der Waals surface area contributed by atoms with Crippen molar-refractivity contribution in [2.75, 3.05) is 10.6 Å². The third-order valence-corrected chi connectivity index (χ3v) is 5.76. The monoisotopic (exact) mass is 414 g/mol. The van der Waals surface area contributed by atoms with Crippen molar-refractivity contribution in [1.82, 2.24) is 19.6 Å². The van der Waals surface area contributed by atoms with E-state index in [9.17, 15) is 0 Å². The first-order chi connectivity index (χ1) is 13.2. The molecule has 2 N–H and O–H groups in total. The number of nitrogens with zero attached hydrogens (tertiary/aromatic N) is 4. The molecule has 4 aromatic rings. The summed E-state index contributed by atoms with van der Waals surface area (Å²) in [5.74, 6) is 0.719. The lowest BCUT2D eigenvalue weighted by molar-refractivity contribution is 1.11. The van der Waals surface area contributed by atoms with Crippen LogP contribution in [0.15, 0.2) is 59.8 Å². The number of aromatic nitrogens is 4. The van der Waals surface area contributed by atoms with E-state index in [1.807, 2.05) is 46.9 Å². The molecule has 6 nitrogen and oxygen atoms in total. The van der Waals surface area contributed by atoms with Crippen LogP contribution < -0.4 is 10.6 Å². The van der Waals surface area contributed by atoms with E-state index in [0.29, 0.717) is 10.8 Å². The second kappa shape index (κ2) is 6.60. The Morgan fingerprint density at radius 3 is 2.78 bits per heavy atom. The third kappa shape index (κ3) is 3.07. The highest BCUT2D eigenvalue weighted by molar-refractivity contribution is 8.00. The molecular formula is C18H12Cl2N6S. The molecule has 1 atom stereocenters. The molecule has 27 heavy (non-hydrogen) atoms. The molecule has 0 aliphatic carbocycles. The zero-order valence-electron chi connectivity index (χ0n) is 13.7. The van der Waals surface area contributed by atoms with Crippen LogP contribution in [0.2, 0.25) is 10.2 Å². The first-order valence-electron chi connectivity index (χ1n) is 8.12. The van der Waals surface area contributed by atoms with E-state index in [1.54, 1.807) is 24.2 Å². The van der Waals surface area contributed by atoms with E-state index in [2.05, 4.69) is 25.8 Å². The predicted molar refractivity (Wildman–Crippen MR) is 110 cm³/mol. The highest BCUT2D eigenvalue weighted by atomic mass is 35.5. The molecule has 9 heteroatoms. The van der Waals surface area contributed by atoms with Gasteiger partial charge in [-0.05, 0) is 42.5 Å². The maximum Gasteiger partial charge on any atom is 0.198 e. The van der Waals surface area contributed by atoms with Gasteiger partial charge in [-0.15, -0.1) is 10.2 Å². The molecule has 3 heterocycles. The number of hydrogen-bond donors (Lipinski definition) is 2. The van der Waals surface area contributed by atoms with E-state index in [4.69, 9.17) is 23.2 Å². The van der Waals surface area contributed by atoms with Gasteiger partial charge in [0.05, 0.1) is 5.69 Å². The van der Waals surface area contributed by atoms with Crippen molar-refractivity contribution in [2.45, 2.75) is 10.4 Å². The van der Waals surface area contributed by atoms with Gasteiger partial charge in [0.1, 0.15) is 5.50 Å². The van der Waals surface area contributed by atoms with Crippen molar-refractivity contribution in [1.29, 1.82) is 0 Å². The summed E-state index contributed by atoms with van der Waals surface area (Å²) < 4.78 is 1.83. The molecule has 0 spiro atoms. The molecule has 134 valence electrons. The van der Waals surface area contributed by atoms with E-state index >= 15 is 0 Å². The van der Waals surface area contributed by atoms with Crippen LogP contribution in [0.3, 0.4) is 0 Å². The lowest BCUT2D eigenvalue weighted by Crippen LogP contribution is -2.20. The Labute approximate surface area is 168 Å². The number of rotatable bonds is 3. The fraction of sp³-hybridized carbons (Fsp3) is 0.0556. The van der Waals surface area contributed by atoms with Crippen LogP contribution in [0.4, 0.5) is 11.4 Å². The van der Waals surface area contributed by atoms with Crippen LogP contribution in [-0.2, 0) is 0 Å². The van der Waals surface area contributed by atoms with Gasteiger partial charge in [0.25, 0.3) is 0 Å². The molecular weight excluding hydrogens is 403 g/mol. The summed E-state index contributed by atoms with van der Waals surface area (Å²) in [7, 11) is 0. The zero-order valence-corrected chi connectivity index (χ0v) is 16.1. The molecule has 0 amide bonds. The number of halogens is 2. The van der Waals surface area contributed by atoms with Crippen LogP contribution in [0.1, 0.15) is 0 Å². The van der Waals surface area contributed by atoms with Crippen LogP contribution in [-0.4, -0.2) is 25.1 Å². The van der Waals surface area contributed by atoms with Crippen molar-refractivity contribution in [3.8, 4) is 11.4 Å². The first kappa shape index (κ1) is 16.7. The van der Waals surface area contributed by atoms with Gasteiger partial charge < -0.3 is 10.6 Å². The number of anilines is 2. The summed E-state index contributed by atoms with van der Waals surface area (Å²) in [6.45, 7) is 0. The molecule has 0 fully saturated rings. The fourth-order valence-corrected chi connectivity index (χ4v) is 4.44. The standard InChI is InChI=1S/C18H12Cl2N6S/c19-11-3-6-13-14(9-11)27-18(23-13)22-12-4-1-10(2-5-12)16-24-25-17-15(20)21-7-8-26(16)17/h1-9,18,22-23H. The third-order valence-electron chi connectivity index (χ3n) is 4.20. The van der Waals surface area contributed by atoms with Crippen LogP contribution in [0.25, 0.3) is 17.0 Å².